The first-order valence-electron chi connectivity index (χ1n) is 10.8. The summed E-state index contributed by atoms with van der Waals surface area (Å²) in [4.78, 5) is 27.7. The zero-order valence-electron chi connectivity index (χ0n) is 19.7. The van der Waals surface area contributed by atoms with Crippen LogP contribution in [0.3, 0.4) is 0 Å². The van der Waals surface area contributed by atoms with E-state index in [1.165, 1.54) is 0 Å². The predicted molar refractivity (Wildman–Crippen MR) is 130 cm³/mol. The Morgan fingerprint density at radius 2 is 1.75 bits per heavy atom. The SMILES string of the molecule is CC[C@@H](C(=O)NC(C)C)N(Cc1cccc(OC)c1)C(=O)COc1cc(C)c(Br)c(C)c1. The average molecular weight is 505 g/mol. The fourth-order valence-electron chi connectivity index (χ4n) is 3.49. The van der Waals surface area contributed by atoms with Crippen LogP contribution in [0.5, 0.6) is 11.5 Å². The largest absolute Gasteiger partial charge is 0.497 e. The molecule has 7 heteroatoms. The molecule has 2 amide bonds. The molecule has 0 spiro atoms. The van der Waals surface area contributed by atoms with Gasteiger partial charge in [0.05, 0.1) is 7.11 Å². The van der Waals surface area contributed by atoms with Crippen LogP contribution in [0, 0.1) is 13.8 Å². The van der Waals surface area contributed by atoms with Crippen molar-refractivity contribution in [2.24, 2.45) is 0 Å². The van der Waals surface area contributed by atoms with Gasteiger partial charge in [-0.1, -0.05) is 35.0 Å². The summed E-state index contributed by atoms with van der Waals surface area (Å²) in [7, 11) is 1.60. The van der Waals surface area contributed by atoms with Crippen LogP contribution < -0.4 is 14.8 Å². The quantitative estimate of drug-likeness (QED) is 0.505. The Morgan fingerprint density at radius 3 is 2.31 bits per heavy atom. The highest BCUT2D eigenvalue weighted by atomic mass is 79.9. The summed E-state index contributed by atoms with van der Waals surface area (Å²) in [5.41, 5.74) is 2.94. The van der Waals surface area contributed by atoms with Crippen molar-refractivity contribution in [3.8, 4) is 11.5 Å². The Kier molecular flexibility index (Phi) is 9.57. The van der Waals surface area contributed by atoms with Gasteiger partial charge in [0.1, 0.15) is 17.5 Å². The molecule has 0 saturated heterocycles. The van der Waals surface area contributed by atoms with Crippen molar-refractivity contribution >= 4 is 27.7 Å². The van der Waals surface area contributed by atoms with Crippen molar-refractivity contribution in [1.29, 1.82) is 0 Å². The second kappa shape index (κ2) is 11.9. The van der Waals surface area contributed by atoms with Gasteiger partial charge in [0.2, 0.25) is 5.91 Å². The highest BCUT2D eigenvalue weighted by Crippen LogP contribution is 2.26. The van der Waals surface area contributed by atoms with Gasteiger partial charge < -0.3 is 19.7 Å². The van der Waals surface area contributed by atoms with Gasteiger partial charge in [0.25, 0.3) is 5.91 Å². The van der Waals surface area contributed by atoms with E-state index in [1.54, 1.807) is 12.0 Å². The molecule has 0 aromatic heterocycles. The van der Waals surface area contributed by atoms with Gasteiger partial charge >= 0.3 is 0 Å². The summed E-state index contributed by atoms with van der Waals surface area (Å²) >= 11 is 3.54. The zero-order chi connectivity index (χ0) is 23.8. The van der Waals surface area contributed by atoms with Crippen LogP contribution in [-0.2, 0) is 16.1 Å². The molecular formula is C25H33BrN2O4. The maximum Gasteiger partial charge on any atom is 0.261 e. The minimum atomic E-state index is -0.604. The van der Waals surface area contributed by atoms with Crippen molar-refractivity contribution in [2.75, 3.05) is 13.7 Å². The number of carbonyl (C=O) groups excluding carboxylic acids is 2. The van der Waals surface area contributed by atoms with Crippen LogP contribution in [0.15, 0.2) is 40.9 Å². The van der Waals surface area contributed by atoms with Gasteiger partial charge in [-0.2, -0.15) is 0 Å². The highest BCUT2D eigenvalue weighted by molar-refractivity contribution is 9.10. The number of nitrogens with zero attached hydrogens (tertiary/aromatic N) is 1. The molecule has 1 N–H and O–H groups in total. The van der Waals surface area contributed by atoms with Crippen molar-refractivity contribution in [1.82, 2.24) is 10.2 Å². The van der Waals surface area contributed by atoms with Gasteiger partial charge in [0.15, 0.2) is 6.61 Å². The number of nitrogens with one attached hydrogen (secondary N) is 1. The maximum absolute atomic E-state index is 13.3. The minimum Gasteiger partial charge on any atom is -0.497 e. The Morgan fingerprint density at radius 1 is 1.09 bits per heavy atom. The molecule has 0 aliphatic heterocycles. The van der Waals surface area contributed by atoms with E-state index in [2.05, 4.69) is 21.2 Å². The molecule has 2 rings (SSSR count). The van der Waals surface area contributed by atoms with E-state index in [4.69, 9.17) is 9.47 Å². The van der Waals surface area contributed by atoms with E-state index >= 15 is 0 Å². The summed E-state index contributed by atoms with van der Waals surface area (Å²) in [5, 5.41) is 2.93. The lowest BCUT2D eigenvalue weighted by Gasteiger charge is -2.31. The Hall–Kier alpha value is -2.54. The topological polar surface area (TPSA) is 67.9 Å². The van der Waals surface area contributed by atoms with Crippen molar-refractivity contribution < 1.29 is 19.1 Å². The molecule has 6 nitrogen and oxygen atoms in total. The number of hydrogen-bond donors (Lipinski definition) is 1. The molecule has 0 unspecified atom stereocenters. The van der Waals surface area contributed by atoms with Crippen LogP contribution in [0.1, 0.15) is 43.9 Å². The van der Waals surface area contributed by atoms with Gasteiger partial charge in [-0.15, -0.1) is 0 Å². The highest BCUT2D eigenvalue weighted by Gasteiger charge is 2.29. The van der Waals surface area contributed by atoms with Gasteiger partial charge in [-0.05, 0) is 75.1 Å². The van der Waals surface area contributed by atoms with E-state index in [1.807, 2.05) is 71.0 Å². The second-order valence-electron chi connectivity index (χ2n) is 8.12. The van der Waals surface area contributed by atoms with E-state index in [9.17, 15) is 9.59 Å². The van der Waals surface area contributed by atoms with E-state index < -0.39 is 6.04 Å². The second-order valence-corrected chi connectivity index (χ2v) is 8.91. The van der Waals surface area contributed by atoms with Crippen LogP contribution in [0.25, 0.3) is 0 Å². The van der Waals surface area contributed by atoms with E-state index in [0.717, 1.165) is 21.2 Å². The molecule has 1 atom stereocenters. The Bertz CT molecular complexity index is 922. The number of ether oxygens (including phenoxy) is 2. The predicted octanol–water partition coefficient (Wildman–Crippen LogP) is 4.79. The fraction of sp³-hybridized carbons (Fsp3) is 0.440. The monoisotopic (exact) mass is 504 g/mol. The van der Waals surface area contributed by atoms with Crippen LogP contribution >= 0.6 is 15.9 Å². The smallest absolute Gasteiger partial charge is 0.261 e. The van der Waals surface area contributed by atoms with E-state index in [0.29, 0.717) is 17.9 Å². The lowest BCUT2D eigenvalue weighted by molar-refractivity contribution is -0.143. The third kappa shape index (κ3) is 6.99. The van der Waals surface area contributed by atoms with Crippen molar-refractivity contribution in [2.45, 2.75) is 59.7 Å². The summed E-state index contributed by atoms with van der Waals surface area (Å²) in [6.45, 7) is 9.78. The number of rotatable bonds is 10. The molecule has 0 heterocycles. The number of benzene rings is 2. The van der Waals surface area contributed by atoms with Crippen LogP contribution in [0.4, 0.5) is 0 Å². The molecule has 0 fully saturated rings. The molecule has 2 aromatic carbocycles. The third-order valence-electron chi connectivity index (χ3n) is 5.08. The van der Waals surface area contributed by atoms with E-state index in [-0.39, 0.29) is 31.0 Å². The summed E-state index contributed by atoms with van der Waals surface area (Å²) in [6.07, 6.45) is 0.491. The van der Waals surface area contributed by atoms with Crippen LogP contribution in [-0.4, -0.2) is 42.5 Å². The number of amides is 2. The first-order chi connectivity index (χ1) is 15.2. The zero-order valence-corrected chi connectivity index (χ0v) is 21.3. The summed E-state index contributed by atoms with van der Waals surface area (Å²) in [5.74, 6) is 0.898. The molecule has 0 aliphatic carbocycles. The molecule has 0 bridgehead atoms. The van der Waals surface area contributed by atoms with Crippen LogP contribution in [0.2, 0.25) is 0 Å². The maximum atomic E-state index is 13.3. The molecule has 0 radical (unpaired) electrons. The number of aryl methyl sites for hydroxylation is 2. The molecule has 174 valence electrons. The lowest BCUT2D eigenvalue weighted by atomic mass is 10.1. The third-order valence-corrected chi connectivity index (χ3v) is 6.33. The normalized spacial score (nSPS) is 11.8. The Labute approximate surface area is 199 Å². The minimum absolute atomic E-state index is 0.0183. The van der Waals surface area contributed by atoms with Gasteiger partial charge in [-0.25, -0.2) is 0 Å². The molecule has 0 aliphatic rings. The fourth-order valence-corrected chi connectivity index (χ4v) is 3.71. The first-order valence-corrected chi connectivity index (χ1v) is 11.6. The molecular weight excluding hydrogens is 472 g/mol. The average Bonchev–Trinajstić information content (AvgIpc) is 2.75. The lowest BCUT2D eigenvalue weighted by Crippen LogP contribution is -2.51. The van der Waals surface area contributed by atoms with Crippen molar-refractivity contribution in [3.05, 3.63) is 57.6 Å². The number of carbonyl (C=O) groups is 2. The number of hydrogen-bond acceptors (Lipinski definition) is 4. The molecule has 32 heavy (non-hydrogen) atoms. The van der Waals surface area contributed by atoms with Gasteiger partial charge in [-0.3, -0.25) is 9.59 Å². The standard InChI is InChI=1S/C25H33BrN2O4/c1-7-22(25(30)27-16(2)3)28(14-19-9-8-10-20(13-19)31-6)23(29)15-32-21-11-17(4)24(26)18(5)12-21/h8-13,16,22H,7,14-15H2,1-6H3,(H,27,30)/t22-/m0/s1. The summed E-state index contributed by atoms with van der Waals surface area (Å²) < 4.78 is 12.2. The number of halogens is 1. The summed E-state index contributed by atoms with van der Waals surface area (Å²) in [6, 6.07) is 10.7. The number of methoxy groups -OCH3 is 1. The molecule has 0 saturated carbocycles. The molecule has 2 aromatic rings. The Balaban J connectivity index is 2.27. The van der Waals surface area contributed by atoms with Gasteiger partial charge in [0, 0.05) is 17.1 Å². The first kappa shape index (κ1) is 25.7. The van der Waals surface area contributed by atoms with Crippen molar-refractivity contribution in [3.63, 3.8) is 0 Å².